The van der Waals surface area contributed by atoms with Crippen molar-refractivity contribution in [1.29, 1.82) is 0 Å². The molecule has 0 aliphatic rings. The summed E-state index contributed by atoms with van der Waals surface area (Å²) in [6.07, 6.45) is 0. The van der Waals surface area contributed by atoms with E-state index in [4.69, 9.17) is 16.3 Å². The molecule has 0 saturated carbocycles. The minimum atomic E-state index is -0.283. The van der Waals surface area contributed by atoms with Gasteiger partial charge in [-0.15, -0.1) is 0 Å². The standard InChI is InChI=1S/C10H11ClO2S/c1-3-13-10(12)14-8-4-5-9(11)7(2)6-8/h4-6H,3H2,1-2H3. The van der Waals surface area contributed by atoms with Crippen LogP contribution in [0.4, 0.5) is 4.79 Å². The number of halogens is 1. The fourth-order valence-corrected chi connectivity index (χ4v) is 1.78. The number of thioether (sulfide) groups is 1. The van der Waals surface area contributed by atoms with Gasteiger partial charge in [-0.1, -0.05) is 11.6 Å². The lowest BCUT2D eigenvalue weighted by molar-refractivity contribution is 0.181. The molecule has 0 aliphatic carbocycles. The van der Waals surface area contributed by atoms with Crippen LogP contribution in [0, 0.1) is 6.92 Å². The number of carbonyl (C=O) groups is 1. The maximum absolute atomic E-state index is 11.1. The van der Waals surface area contributed by atoms with E-state index in [-0.39, 0.29) is 5.30 Å². The normalized spacial score (nSPS) is 9.93. The highest BCUT2D eigenvalue weighted by molar-refractivity contribution is 8.13. The van der Waals surface area contributed by atoms with Crippen LogP contribution in [-0.2, 0) is 4.74 Å². The Morgan fingerprint density at radius 2 is 2.29 bits per heavy atom. The lowest BCUT2D eigenvalue weighted by atomic mass is 10.2. The van der Waals surface area contributed by atoms with E-state index >= 15 is 0 Å². The Labute approximate surface area is 92.6 Å². The molecule has 0 saturated heterocycles. The second kappa shape index (κ2) is 5.27. The first-order chi connectivity index (χ1) is 6.63. The van der Waals surface area contributed by atoms with Crippen molar-refractivity contribution in [1.82, 2.24) is 0 Å². The van der Waals surface area contributed by atoms with E-state index in [1.54, 1.807) is 19.1 Å². The van der Waals surface area contributed by atoms with Crippen molar-refractivity contribution in [3.63, 3.8) is 0 Å². The Morgan fingerprint density at radius 3 is 2.86 bits per heavy atom. The fourth-order valence-electron chi connectivity index (χ4n) is 0.924. The number of benzene rings is 1. The van der Waals surface area contributed by atoms with E-state index in [0.29, 0.717) is 11.6 Å². The molecule has 1 aromatic rings. The molecule has 0 aliphatic heterocycles. The topological polar surface area (TPSA) is 26.3 Å². The molecule has 1 aromatic carbocycles. The van der Waals surface area contributed by atoms with Gasteiger partial charge >= 0.3 is 5.30 Å². The quantitative estimate of drug-likeness (QED) is 0.570. The molecule has 0 amide bonds. The molecular weight excluding hydrogens is 220 g/mol. The summed E-state index contributed by atoms with van der Waals surface area (Å²) >= 11 is 6.92. The Bertz CT molecular complexity index is 339. The molecule has 0 radical (unpaired) electrons. The van der Waals surface area contributed by atoms with Crippen molar-refractivity contribution in [2.45, 2.75) is 18.7 Å². The average molecular weight is 231 g/mol. The lowest BCUT2D eigenvalue weighted by Crippen LogP contribution is -1.95. The monoisotopic (exact) mass is 230 g/mol. The summed E-state index contributed by atoms with van der Waals surface area (Å²) in [7, 11) is 0. The van der Waals surface area contributed by atoms with Gasteiger partial charge in [0.1, 0.15) is 0 Å². The Kier molecular flexibility index (Phi) is 4.29. The van der Waals surface area contributed by atoms with Crippen LogP contribution in [0.2, 0.25) is 5.02 Å². The van der Waals surface area contributed by atoms with Crippen LogP contribution in [0.15, 0.2) is 23.1 Å². The van der Waals surface area contributed by atoms with Gasteiger partial charge in [-0.05, 0) is 49.4 Å². The maximum atomic E-state index is 11.1. The Hall–Kier alpha value is -0.670. The zero-order chi connectivity index (χ0) is 10.6. The summed E-state index contributed by atoms with van der Waals surface area (Å²) < 4.78 is 4.81. The van der Waals surface area contributed by atoms with Crippen LogP contribution in [0.3, 0.4) is 0 Å². The van der Waals surface area contributed by atoms with Crippen molar-refractivity contribution >= 4 is 28.7 Å². The van der Waals surface area contributed by atoms with E-state index in [9.17, 15) is 4.79 Å². The number of aryl methyl sites for hydroxylation is 1. The summed E-state index contributed by atoms with van der Waals surface area (Å²) in [5.41, 5.74) is 0.959. The molecule has 0 heterocycles. The number of carbonyl (C=O) groups excluding carboxylic acids is 1. The van der Waals surface area contributed by atoms with E-state index in [1.807, 2.05) is 13.0 Å². The number of hydrogen-bond donors (Lipinski definition) is 0. The van der Waals surface area contributed by atoms with E-state index in [0.717, 1.165) is 22.2 Å². The highest BCUT2D eigenvalue weighted by Gasteiger charge is 2.05. The van der Waals surface area contributed by atoms with Gasteiger partial charge in [-0.2, -0.15) is 0 Å². The van der Waals surface area contributed by atoms with Gasteiger partial charge in [0.05, 0.1) is 6.61 Å². The Balaban J connectivity index is 2.68. The molecule has 0 fully saturated rings. The molecule has 2 nitrogen and oxygen atoms in total. The first-order valence-corrected chi connectivity index (χ1v) is 5.43. The van der Waals surface area contributed by atoms with Crippen molar-refractivity contribution < 1.29 is 9.53 Å². The SMILES string of the molecule is CCOC(=O)Sc1ccc(Cl)c(C)c1. The molecule has 0 spiro atoms. The molecule has 0 atom stereocenters. The van der Waals surface area contributed by atoms with Crippen molar-refractivity contribution in [2.75, 3.05) is 6.61 Å². The minimum absolute atomic E-state index is 0.283. The van der Waals surface area contributed by atoms with Gasteiger partial charge in [0, 0.05) is 9.92 Å². The van der Waals surface area contributed by atoms with Crippen LogP contribution in [0.5, 0.6) is 0 Å². The van der Waals surface area contributed by atoms with E-state index in [2.05, 4.69) is 0 Å². The van der Waals surface area contributed by atoms with Crippen molar-refractivity contribution in [3.8, 4) is 0 Å². The third kappa shape index (κ3) is 3.24. The zero-order valence-corrected chi connectivity index (χ0v) is 9.61. The van der Waals surface area contributed by atoms with Crippen molar-refractivity contribution in [2.24, 2.45) is 0 Å². The van der Waals surface area contributed by atoms with E-state index in [1.165, 1.54) is 0 Å². The van der Waals surface area contributed by atoms with Gasteiger partial charge in [0.15, 0.2) is 0 Å². The molecule has 14 heavy (non-hydrogen) atoms. The fraction of sp³-hybridized carbons (Fsp3) is 0.300. The number of rotatable bonds is 2. The maximum Gasteiger partial charge on any atom is 0.372 e. The smallest absolute Gasteiger partial charge is 0.372 e. The summed E-state index contributed by atoms with van der Waals surface area (Å²) in [5, 5.41) is 0.424. The van der Waals surface area contributed by atoms with Crippen LogP contribution in [0.25, 0.3) is 0 Å². The van der Waals surface area contributed by atoms with Gasteiger partial charge in [-0.3, -0.25) is 0 Å². The van der Waals surface area contributed by atoms with Crippen LogP contribution in [0.1, 0.15) is 12.5 Å². The highest BCUT2D eigenvalue weighted by atomic mass is 35.5. The summed E-state index contributed by atoms with van der Waals surface area (Å²) in [6.45, 7) is 4.08. The van der Waals surface area contributed by atoms with Crippen LogP contribution in [-0.4, -0.2) is 11.9 Å². The number of ether oxygens (including phenoxy) is 1. The predicted molar refractivity (Wildman–Crippen MR) is 59.1 cm³/mol. The van der Waals surface area contributed by atoms with Crippen molar-refractivity contribution in [3.05, 3.63) is 28.8 Å². The predicted octanol–water partition coefficient (Wildman–Crippen LogP) is 3.90. The molecule has 0 N–H and O–H groups in total. The van der Waals surface area contributed by atoms with Gasteiger partial charge < -0.3 is 4.74 Å². The summed E-state index contributed by atoms with van der Waals surface area (Å²) in [6, 6.07) is 5.44. The second-order valence-corrected chi connectivity index (χ2v) is 4.11. The first kappa shape index (κ1) is 11.4. The molecule has 4 heteroatoms. The molecule has 76 valence electrons. The lowest BCUT2D eigenvalue weighted by Gasteiger charge is -2.03. The molecular formula is C10H11ClO2S. The third-order valence-corrected chi connectivity index (χ3v) is 2.79. The second-order valence-electron chi connectivity index (χ2n) is 2.70. The van der Waals surface area contributed by atoms with E-state index < -0.39 is 0 Å². The molecule has 0 aromatic heterocycles. The largest absolute Gasteiger partial charge is 0.458 e. The molecule has 1 rings (SSSR count). The average Bonchev–Trinajstić information content (AvgIpc) is 2.12. The van der Waals surface area contributed by atoms with Gasteiger partial charge in [0.2, 0.25) is 0 Å². The van der Waals surface area contributed by atoms with Crippen LogP contribution < -0.4 is 0 Å². The highest BCUT2D eigenvalue weighted by Crippen LogP contribution is 2.25. The van der Waals surface area contributed by atoms with Gasteiger partial charge in [0.25, 0.3) is 0 Å². The van der Waals surface area contributed by atoms with Crippen LogP contribution >= 0.6 is 23.4 Å². The summed E-state index contributed by atoms with van der Waals surface area (Å²) in [4.78, 5) is 12.0. The summed E-state index contributed by atoms with van der Waals surface area (Å²) in [5.74, 6) is 0. The van der Waals surface area contributed by atoms with Gasteiger partial charge in [-0.25, -0.2) is 4.79 Å². The first-order valence-electron chi connectivity index (χ1n) is 4.24. The molecule has 0 unspecified atom stereocenters. The minimum Gasteiger partial charge on any atom is -0.458 e. The third-order valence-electron chi connectivity index (χ3n) is 1.59. The number of hydrogen-bond acceptors (Lipinski definition) is 3. The Morgan fingerprint density at radius 1 is 1.57 bits per heavy atom. The molecule has 0 bridgehead atoms. The zero-order valence-electron chi connectivity index (χ0n) is 8.04.